The fourth-order valence-corrected chi connectivity index (χ4v) is 4.56. The molecule has 11 nitrogen and oxygen atoms in total. The lowest BCUT2D eigenvalue weighted by Gasteiger charge is -2.21. The lowest BCUT2D eigenvalue weighted by atomic mass is 10.1. The molecule has 1 aliphatic rings. The molecule has 4 rings (SSSR count). The van der Waals surface area contributed by atoms with Crippen LogP contribution in [-0.2, 0) is 4.79 Å². The van der Waals surface area contributed by atoms with E-state index in [4.69, 9.17) is 19.9 Å². The minimum Gasteiger partial charge on any atom is -0.493 e. The molecule has 214 valence electrons. The number of hydrogen-bond donors (Lipinski definition) is 3. The van der Waals surface area contributed by atoms with Crippen LogP contribution in [0.1, 0.15) is 56.8 Å². The molecule has 0 aliphatic carbocycles. The zero-order chi connectivity index (χ0) is 29.5. The number of carbonyl (C=O) groups is 4. The lowest BCUT2D eigenvalue weighted by Crippen LogP contribution is -2.29. The quantitative estimate of drug-likeness (QED) is 0.355. The summed E-state index contributed by atoms with van der Waals surface area (Å²) < 4.78 is 16.0. The van der Waals surface area contributed by atoms with Crippen molar-refractivity contribution in [2.24, 2.45) is 5.73 Å². The summed E-state index contributed by atoms with van der Waals surface area (Å²) in [7, 11) is 4.31. The number of hydrogen-bond acceptors (Lipinski definition) is 7. The highest BCUT2D eigenvalue weighted by Gasteiger charge is 2.21. The topological polar surface area (TPSA) is 149 Å². The number of nitrogens with zero attached hydrogens (tertiary/aromatic N) is 1. The van der Waals surface area contributed by atoms with Crippen LogP contribution in [0.2, 0.25) is 0 Å². The number of nitrogens with two attached hydrogens (primary N) is 1. The van der Waals surface area contributed by atoms with Gasteiger partial charge in [0.05, 0.1) is 32.7 Å². The Balaban J connectivity index is 1.58. The van der Waals surface area contributed by atoms with E-state index in [1.165, 1.54) is 51.7 Å². The van der Waals surface area contributed by atoms with E-state index >= 15 is 0 Å². The van der Waals surface area contributed by atoms with Crippen LogP contribution in [0.4, 0.5) is 17.1 Å². The van der Waals surface area contributed by atoms with Gasteiger partial charge in [-0.1, -0.05) is 6.42 Å². The van der Waals surface area contributed by atoms with Crippen LogP contribution in [-0.4, -0.2) is 51.5 Å². The fraction of sp³-hybridized carbons (Fsp3) is 0.267. The normalized spacial score (nSPS) is 13.1. The average Bonchev–Trinajstić information content (AvgIpc) is 3.21. The summed E-state index contributed by atoms with van der Waals surface area (Å²) in [5.74, 6) is -0.766. The smallest absolute Gasteiger partial charge is 0.255 e. The van der Waals surface area contributed by atoms with Gasteiger partial charge in [-0.15, -0.1) is 0 Å². The number of carbonyl (C=O) groups excluding carboxylic acids is 4. The summed E-state index contributed by atoms with van der Waals surface area (Å²) in [6.45, 7) is 0.644. The Hall–Kier alpha value is -5.06. The van der Waals surface area contributed by atoms with Crippen LogP contribution in [0.15, 0.2) is 54.6 Å². The van der Waals surface area contributed by atoms with Crippen LogP contribution < -0.4 is 35.5 Å². The zero-order valence-electron chi connectivity index (χ0n) is 23.1. The Kier molecular flexibility index (Phi) is 9.08. The molecule has 1 aliphatic heterocycles. The van der Waals surface area contributed by atoms with Crippen molar-refractivity contribution in [1.82, 2.24) is 0 Å². The van der Waals surface area contributed by atoms with Crippen molar-refractivity contribution in [2.75, 3.05) is 43.4 Å². The van der Waals surface area contributed by atoms with Crippen molar-refractivity contribution in [3.8, 4) is 17.2 Å². The maximum atomic E-state index is 13.3. The molecule has 0 saturated carbocycles. The first-order valence-electron chi connectivity index (χ1n) is 13.0. The van der Waals surface area contributed by atoms with Crippen LogP contribution in [0.3, 0.4) is 0 Å². The third-order valence-corrected chi connectivity index (χ3v) is 6.74. The standard InChI is InChI=1S/C30H32N4O7/c1-39-24-16-20(17-25(40-2)27(24)41-3)30(38)33-23-15-19(28(31)36)10-13-22(23)32-29(37)18-8-11-21(12-9-18)34-14-6-4-5-7-26(34)35/h8-13,15-17H,4-7,14H2,1-3H3,(H2,31,36)(H,32,37)(H,33,38). The summed E-state index contributed by atoms with van der Waals surface area (Å²) >= 11 is 0. The van der Waals surface area contributed by atoms with Gasteiger partial charge in [-0.3, -0.25) is 19.2 Å². The van der Waals surface area contributed by atoms with Gasteiger partial charge in [0.15, 0.2) is 11.5 Å². The molecule has 4 N–H and O–H groups in total. The minimum atomic E-state index is -0.704. The molecule has 0 bridgehead atoms. The number of anilines is 3. The highest BCUT2D eigenvalue weighted by Crippen LogP contribution is 2.38. The number of amides is 4. The van der Waals surface area contributed by atoms with Crippen LogP contribution in [0, 0.1) is 0 Å². The number of rotatable bonds is 9. The van der Waals surface area contributed by atoms with Crippen LogP contribution >= 0.6 is 0 Å². The number of ether oxygens (including phenoxy) is 3. The molecule has 0 aromatic heterocycles. The molecule has 1 heterocycles. The maximum absolute atomic E-state index is 13.3. The van der Waals surface area contributed by atoms with Gasteiger partial charge in [-0.25, -0.2) is 0 Å². The first-order chi connectivity index (χ1) is 19.7. The van der Waals surface area contributed by atoms with E-state index in [0.717, 1.165) is 24.9 Å². The molecule has 0 spiro atoms. The van der Waals surface area contributed by atoms with Crippen molar-refractivity contribution < 1.29 is 33.4 Å². The summed E-state index contributed by atoms with van der Waals surface area (Å²) in [4.78, 5) is 52.4. The minimum absolute atomic E-state index is 0.0710. The third-order valence-electron chi connectivity index (χ3n) is 6.74. The van der Waals surface area contributed by atoms with Gasteiger partial charge >= 0.3 is 0 Å². The summed E-state index contributed by atoms with van der Waals surface area (Å²) in [6, 6.07) is 14.0. The molecule has 1 fully saturated rings. The van der Waals surface area contributed by atoms with Crippen LogP contribution in [0.5, 0.6) is 17.2 Å². The Morgan fingerprint density at radius 1 is 0.732 bits per heavy atom. The largest absolute Gasteiger partial charge is 0.493 e. The van der Waals surface area contributed by atoms with Gasteiger partial charge in [-0.05, 0) is 67.4 Å². The Bertz CT molecular complexity index is 1450. The predicted molar refractivity (Wildman–Crippen MR) is 154 cm³/mol. The van der Waals surface area contributed by atoms with E-state index in [9.17, 15) is 19.2 Å². The van der Waals surface area contributed by atoms with Gasteiger partial charge in [0.1, 0.15) is 0 Å². The molecule has 3 aromatic carbocycles. The van der Waals surface area contributed by atoms with Crippen molar-refractivity contribution >= 4 is 40.7 Å². The second kappa shape index (κ2) is 12.9. The molecular weight excluding hydrogens is 528 g/mol. The molecule has 11 heteroatoms. The second-order valence-corrected chi connectivity index (χ2v) is 9.35. The lowest BCUT2D eigenvalue weighted by molar-refractivity contribution is -0.118. The van der Waals surface area contributed by atoms with E-state index < -0.39 is 17.7 Å². The highest BCUT2D eigenvalue weighted by atomic mass is 16.5. The van der Waals surface area contributed by atoms with Gasteiger partial charge in [-0.2, -0.15) is 0 Å². The Labute approximate surface area is 237 Å². The van der Waals surface area contributed by atoms with Crippen molar-refractivity contribution in [1.29, 1.82) is 0 Å². The third kappa shape index (κ3) is 6.57. The highest BCUT2D eigenvalue weighted by molar-refractivity contribution is 6.11. The number of methoxy groups -OCH3 is 3. The maximum Gasteiger partial charge on any atom is 0.255 e. The molecule has 0 radical (unpaired) electrons. The van der Waals surface area contributed by atoms with Crippen LogP contribution in [0.25, 0.3) is 0 Å². The van der Waals surface area contributed by atoms with Gasteiger partial charge in [0.25, 0.3) is 11.8 Å². The van der Waals surface area contributed by atoms with Gasteiger partial charge < -0.3 is 35.5 Å². The van der Waals surface area contributed by atoms with E-state index in [1.807, 2.05) is 0 Å². The fourth-order valence-electron chi connectivity index (χ4n) is 4.56. The number of primary amides is 1. The average molecular weight is 561 g/mol. The summed E-state index contributed by atoms with van der Waals surface area (Å²) in [5.41, 5.74) is 7.24. The van der Waals surface area contributed by atoms with E-state index in [2.05, 4.69) is 10.6 Å². The molecule has 4 amide bonds. The predicted octanol–water partition coefficient (Wildman–Crippen LogP) is 4.22. The monoisotopic (exact) mass is 560 g/mol. The first-order valence-corrected chi connectivity index (χ1v) is 13.0. The van der Waals surface area contributed by atoms with Crippen molar-refractivity contribution in [3.05, 3.63) is 71.3 Å². The Morgan fingerprint density at radius 2 is 1.34 bits per heavy atom. The second-order valence-electron chi connectivity index (χ2n) is 9.35. The van der Waals surface area contributed by atoms with E-state index in [1.54, 1.807) is 29.2 Å². The van der Waals surface area contributed by atoms with Crippen molar-refractivity contribution in [3.63, 3.8) is 0 Å². The number of benzene rings is 3. The molecule has 3 aromatic rings. The zero-order valence-corrected chi connectivity index (χ0v) is 23.1. The Morgan fingerprint density at radius 3 is 1.95 bits per heavy atom. The molecule has 0 atom stereocenters. The van der Waals surface area contributed by atoms with E-state index in [0.29, 0.717) is 24.3 Å². The summed E-state index contributed by atoms with van der Waals surface area (Å²) in [6.07, 6.45) is 3.33. The number of nitrogens with one attached hydrogen (secondary N) is 2. The molecular formula is C30H32N4O7. The van der Waals surface area contributed by atoms with E-state index in [-0.39, 0.29) is 39.9 Å². The molecule has 41 heavy (non-hydrogen) atoms. The molecule has 1 saturated heterocycles. The molecule has 0 unspecified atom stereocenters. The SMILES string of the molecule is COc1cc(C(=O)Nc2cc(C(N)=O)ccc2NC(=O)c2ccc(N3CCCCCC3=O)cc2)cc(OC)c1OC. The van der Waals surface area contributed by atoms with Gasteiger partial charge in [0.2, 0.25) is 17.6 Å². The van der Waals surface area contributed by atoms with Gasteiger partial charge in [0, 0.05) is 35.3 Å². The first kappa shape index (κ1) is 28.9. The van der Waals surface area contributed by atoms with Crippen molar-refractivity contribution in [2.45, 2.75) is 25.7 Å². The summed E-state index contributed by atoms with van der Waals surface area (Å²) in [5, 5.41) is 5.50.